The van der Waals surface area contributed by atoms with Crippen LogP contribution in [0.25, 0.3) is 0 Å². The number of piperidine rings is 1. The van der Waals surface area contributed by atoms with Crippen molar-refractivity contribution in [3.8, 4) is 11.5 Å². The van der Waals surface area contributed by atoms with Gasteiger partial charge < -0.3 is 14.8 Å². The second-order valence-electron chi connectivity index (χ2n) is 5.03. The van der Waals surface area contributed by atoms with Gasteiger partial charge in [0.15, 0.2) is 17.8 Å². The lowest BCUT2D eigenvalue weighted by Gasteiger charge is -2.23. The number of nitrogens with one attached hydrogen (secondary N) is 1. The molecule has 5 heteroatoms. The topological polar surface area (TPSA) is 47.6 Å². The van der Waals surface area contributed by atoms with E-state index in [0.29, 0.717) is 28.0 Å². The molecule has 2 aliphatic rings. The van der Waals surface area contributed by atoms with Gasteiger partial charge in [-0.05, 0) is 44.3 Å². The van der Waals surface area contributed by atoms with Gasteiger partial charge in [0.05, 0.1) is 5.56 Å². The van der Waals surface area contributed by atoms with Crippen LogP contribution in [0, 0.1) is 5.92 Å². The van der Waals surface area contributed by atoms with Crippen LogP contribution in [-0.2, 0) is 6.42 Å². The summed E-state index contributed by atoms with van der Waals surface area (Å²) < 4.78 is 10.9. The lowest BCUT2D eigenvalue weighted by molar-refractivity contribution is 0.111. The molecular weight excluding hydrogens is 266 g/mol. The number of benzene rings is 1. The van der Waals surface area contributed by atoms with Gasteiger partial charge in [-0.2, -0.15) is 0 Å². The summed E-state index contributed by atoms with van der Waals surface area (Å²) in [5.74, 6) is 1.75. The average Bonchev–Trinajstić information content (AvgIpc) is 2.92. The predicted octanol–water partition coefficient (Wildman–Crippen LogP) is 2.42. The number of aldehydes is 1. The zero-order valence-electron chi connectivity index (χ0n) is 10.6. The standard InChI is InChI=1S/C14H16ClNO3/c15-12-5-10(7-17)13-14(19-8-18-13)11(12)4-9-2-1-3-16-6-9/h5,7,9,16H,1-4,6,8H2. The molecule has 0 spiro atoms. The quantitative estimate of drug-likeness (QED) is 0.865. The highest BCUT2D eigenvalue weighted by atomic mass is 35.5. The van der Waals surface area contributed by atoms with E-state index in [1.165, 1.54) is 12.8 Å². The van der Waals surface area contributed by atoms with Crippen molar-refractivity contribution < 1.29 is 14.3 Å². The summed E-state index contributed by atoms with van der Waals surface area (Å²) in [6, 6.07) is 1.67. The van der Waals surface area contributed by atoms with Gasteiger partial charge in [0.2, 0.25) is 6.79 Å². The minimum atomic E-state index is 0.159. The highest BCUT2D eigenvalue weighted by Crippen LogP contribution is 2.43. The number of rotatable bonds is 3. The monoisotopic (exact) mass is 281 g/mol. The zero-order valence-corrected chi connectivity index (χ0v) is 11.3. The van der Waals surface area contributed by atoms with Crippen LogP contribution in [0.2, 0.25) is 5.02 Å². The minimum Gasteiger partial charge on any atom is -0.453 e. The van der Waals surface area contributed by atoms with Crippen molar-refractivity contribution in [3.05, 3.63) is 22.2 Å². The van der Waals surface area contributed by atoms with Crippen molar-refractivity contribution in [2.45, 2.75) is 19.3 Å². The molecule has 0 aliphatic carbocycles. The highest BCUT2D eigenvalue weighted by molar-refractivity contribution is 6.32. The summed E-state index contributed by atoms with van der Waals surface area (Å²) >= 11 is 6.30. The van der Waals surface area contributed by atoms with Crippen molar-refractivity contribution in [1.82, 2.24) is 5.32 Å². The molecule has 0 aromatic heterocycles. The van der Waals surface area contributed by atoms with E-state index in [4.69, 9.17) is 21.1 Å². The van der Waals surface area contributed by atoms with Crippen molar-refractivity contribution in [2.24, 2.45) is 5.92 Å². The summed E-state index contributed by atoms with van der Waals surface area (Å²) in [5.41, 5.74) is 1.43. The molecule has 0 amide bonds. The number of halogens is 1. The Balaban J connectivity index is 1.92. The van der Waals surface area contributed by atoms with Gasteiger partial charge >= 0.3 is 0 Å². The molecule has 102 valence electrons. The fraction of sp³-hybridized carbons (Fsp3) is 0.500. The Labute approximate surface area is 117 Å². The van der Waals surface area contributed by atoms with E-state index in [9.17, 15) is 4.79 Å². The van der Waals surface area contributed by atoms with E-state index in [2.05, 4.69) is 5.32 Å². The number of carbonyl (C=O) groups excluding carboxylic acids is 1. The smallest absolute Gasteiger partial charge is 0.231 e. The first kappa shape index (κ1) is 12.8. The van der Waals surface area contributed by atoms with Crippen molar-refractivity contribution in [1.29, 1.82) is 0 Å². The molecule has 2 heterocycles. The van der Waals surface area contributed by atoms with E-state index in [-0.39, 0.29) is 6.79 Å². The summed E-state index contributed by atoms with van der Waals surface area (Å²) in [7, 11) is 0. The Morgan fingerprint density at radius 1 is 1.42 bits per heavy atom. The molecule has 1 aromatic rings. The SMILES string of the molecule is O=Cc1cc(Cl)c(CC2CCCNC2)c2c1OCO2. The molecule has 1 fully saturated rings. The van der Waals surface area contributed by atoms with Crippen LogP contribution in [0.3, 0.4) is 0 Å². The second-order valence-corrected chi connectivity index (χ2v) is 5.43. The van der Waals surface area contributed by atoms with E-state index in [1.807, 2.05) is 0 Å². The van der Waals surface area contributed by atoms with Crippen LogP contribution in [-0.4, -0.2) is 26.2 Å². The maximum Gasteiger partial charge on any atom is 0.231 e. The fourth-order valence-corrected chi connectivity index (χ4v) is 3.06. The Morgan fingerprint density at radius 3 is 3.00 bits per heavy atom. The lowest BCUT2D eigenvalue weighted by atomic mass is 9.91. The van der Waals surface area contributed by atoms with Gasteiger partial charge in [-0.15, -0.1) is 0 Å². The van der Waals surface area contributed by atoms with Gasteiger partial charge in [0, 0.05) is 10.6 Å². The molecule has 1 atom stereocenters. The van der Waals surface area contributed by atoms with Crippen LogP contribution in [0.15, 0.2) is 6.07 Å². The first-order valence-corrected chi connectivity index (χ1v) is 6.94. The second kappa shape index (κ2) is 5.39. The van der Waals surface area contributed by atoms with Crippen LogP contribution >= 0.6 is 11.6 Å². The average molecular weight is 282 g/mol. The summed E-state index contributed by atoms with van der Waals surface area (Å²) in [6.07, 6.45) is 3.99. The number of ether oxygens (including phenoxy) is 2. The van der Waals surface area contributed by atoms with Gasteiger partial charge in [0.1, 0.15) is 0 Å². The van der Waals surface area contributed by atoms with Gasteiger partial charge in [-0.25, -0.2) is 0 Å². The van der Waals surface area contributed by atoms with Crippen molar-refractivity contribution >= 4 is 17.9 Å². The summed E-state index contributed by atoms with van der Waals surface area (Å²) in [6.45, 7) is 2.25. The Bertz CT molecular complexity index is 498. The van der Waals surface area contributed by atoms with E-state index < -0.39 is 0 Å². The van der Waals surface area contributed by atoms with E-state index >= 15 is 0 Å². The summed E-state index contributed by atoms with van der Waals surface area (Å²) in [4.78, 5) is 11.0. The van der Waals surface area contributed by atoms with Crippen molar-refractivity contribution in [2.75, 3.05) is 19.9 Å². The van der Waals surface area contributed by atoms with Crippen molar-refractivity contribution in [3.63, 3.8) is 0 Å². The Hall–Kier alpha value is -1.26. The predicted molar refractivity (Wildman–Crippen MR) is 72.3 cm³/mol. The van der Waals surface area contributed by atoms with Crippen LogP contribution < -0.4 is 14.8 Å². The van der Waals surface area contributed by atoms with Gasteiger partial charge in [-0.3, -0.25) is 4.79 Å². The third kappa shape index (κ3) is 2.42. The highest BCUT2D eigenvalue weighted by Gasteiger charge is 2.26. The maximum atomic E-state index is 11.0. The van der Waals surface area contributed by atoms with Crippen LogP contribution in [0.1, 0.15) is 28.8 Å². The molecule has 0 saturated carbocycles. The third-order valence-corrected chi connectivity index (χ3v) is 4.08. The molecular formula is C14H16ClNO3. The van der Waals surface area contributed by atoms with Gasteiger partial charge in [0.25, 0.3) is 0 Å². The van der Waals surface area contributed by atoms with Crippen LogP contribution in [0.5, 0.6) is 11.5 Å². The van der Waals surface area contributed by atoms with Crippen LogP contribution in [0.4, 0.5) is 0 Å². The number of carbonyl (C=O) groups is 1. The van der Waals surface area contributed by atoms with E-state index in [1.54, 1.807) is 6.07 Å². The minimum absolute atomic E-state index is 0.159. The first-order valence-electron chi connectivity index (χ1n) is 6.56. The lowest BCUT2D eigenvalue weighted by Crippen LogP contribution is -2.30. The zero-order chi connectivity index (χ0) is 13.2. The fourth-order valence-electron chi connectivity index (χ4n) is 2.78. The number of hydrogen-bond donors (Lipinski definition) is 1. The molecule has 3 rings (SSSR count). The number of fused-ring (bicyclic) bond motifs is 1. The molecule has 4 nitrogen and oxygen atoms in total. The molecule has 1 N–H and O–H groups in total. The summed E-state index contributed by atoms with van der Waals surface area (Å²) in [5, 5.41) is 3.99. The Kier molecular flexibility index (Phi) is 3.62. The third-order valence-electron chi connectivity index (χ3n) is 3.74. The number of hydrogen-bond acceptors (Lipinski definition) is 4. The Morgan fingerprint density at radius 2 is 2.26 bits per heavy atom. The van der Waals surface area contributed by atoms with E-state index in [0.717, 1.165) is 31.4 Å². The largest absolute Gasteiger partial charge is 0.453 e. The van der Waals surface area contributed by atoms with Gasteiger partial charge in [-0.1, -0.05) is 11.6 Å². The molecule has 1 aromatic carbocycles. The molecule has 0 radical (unpaired) electrons. The molecule has 0 bridgehead atoms. The molecule has 1 saturated heterocycles. The molecule has 2 aliphatic heterocycles. The normalized spacial score (nSPS) is 21.4. The molecule has 19 heavy (non-hydrogen) atoms. The maximum absolute atomic E-state index is 11.0. The first-order chi connectivity index (χ1) is 9.29. The molecule has 1 unspecified atom stereocenters.